The average Bonchev–Trinajstić information content (AvgIpc) is 3.21. The van der Waals surface area contributed by atoms with E-state index in [4.69, 9.17) is 0 Å². The van der Waals surface area contributed by atoms with Crippen molar-refractivity contribution in [1.29, 1.82) is 0 Å². The lowest BCUT2D eigenvalue weighted by molar-refractivity contribution is 0.102. The number of hydrogen-bond acceptors (Lipinski definition) is 7. The number of anilines is 4. The second kappa shape index (κ2) is 9.55. The Morgan fingerprint density at radius 2 is 1.63 bits per heavy atom. The molecule has 35 heavy (non-hydrogen) atoms. The third kappa shape index (κ3) is 5.14. The zero-order chi connectivity index (χ0) is 25.2. The van der Waals surface area contributed by atoms with Crippen molar-refractivity contribution in [2.24, 2.45) is 7.05 Å². The Morgan fingerprint density at radius 1 is 0.971 bits per heavy atom. The monoisotopic (exact) mass is 491 g/mol. The number of carbonyl (C=O) groups excluding carboxylic acids is 1. The van der Waals surface area contributed by atoms with Gasteiger partial charge < -0.3 is 10.6 Å². The van der Waals surface area contributed by atoms with Gasteiger partial charge in [0.15, 0.2) is 5.82 Å². The molecular weight excluding hydrogens is 466 g/mol. The van der Waals surface area contributed by atoms with Crippen molar-refractivity contribution >= 4 is 38.9 Å². The summed E-state index contributed by atoms with van der Waals surface area (Å²) in [4.78, 5) is 21.4. The number of sulfonamides is 1. The molecule has 0 aliphatic rings. The first-order valence-electron chi connectivity index (χ1n) is 10.7. The summed E-state index contributed by atoms with van der Waals surface area (Å²) in [6.07, 6.45) is 2.83. The molecule has 11 heteroatoms. The van der Waals surface area contributed by atoms with Crippen molar-refractivity contribution in [2.75, 3.05) is 22.0 Å². The molecule has 4 aromatic rings. The van der Waals surface area contributed by atoms with Gasteiger partial charge in [-0.05, 0) is 50.2 Å². The topological polar surface area (TPSA) is 122 Å². The molecule has 10 nitrogen and oxygen atoms in total. The highest BCUT2D eigenvalue weighted by molar-refractivity contribution is 7.92. The molecule has 0 saturated carbocycles. The first kappa shape index (κ1) is 23.9. The number of hydrogen-bond donors (Lipinski definition) is 2. The van der Waals surface area contributed by atoms with Gasteiger partial charge in [0, 0.05) is 37.2 Å². The second-order valence-corrected chi connectivity index (χ2v) is 9.96. The fourth-order valence-electron chi connectivity index (χ4n) is 3.45. The van der Waals surface area contributed by atoms with Crippen LogP contribution in [-0.4, -0.2) is 41.1 Å². The highest BCUT2D eigenvalue weighted by Gasteiger charge is 2.28. The molecule has 2 aromatic heterocycles. The van der Waals surface area contributed by atoms with Gasteiger partial charge in [-0.1, -0.05) is 17.7 Å². The zero-order valence-electron chi connectivity index (χ0n) is 19.7. The smallest absolute Gasteiger partial charge is 0.265 e. The Labute approximate surface area is 203 Å². The molecule has 0 bridgehead atoms. The van der Waals surface area contributed by atoms with Crippen LogP contribution in [0, 0.1) is 13.8 Å². The standard InChI is InChI=1S/C24H25N7O3S/c1-16-5-11-20(12-6-16)35(33,34)31(4)24-21(14-27-30(24)3)23(32)29-19-9-7-18(8-10-19)28-22-13-17(2)25-15-26-22/h5-15H,1-4H3,(H,29,32)(H,25,26,28). The highest BCUT2D eigenvalue weighted by Crippen LogP contribution is 2.26. The maximum Gasteiger partial charge on any atom is 0.265 e. The quantitative estimate of drug-likeness (QED) is 0.405. The van der Waals surface area contributed by atoms with Gasteiger partial charge in [0.2, 0.25) is 0 Å². The second-order valence-electron chi connectivity index (χ2n) is 7.99. The number of nitrogens with one attached hydrogen (secondary N) is 2. The molecule has 0 aliphatic carbocycles. The van der Waals surface area contributed by atoms with Crippen LogP contribution in [0.4, 0.5) is 23.0 Å². The molecule has 2 heterocycles. The molecule has 0 spiro atoms. The van der Waals surface area contributed by atoms with Crippen molar-refractivity contribution in [3.05, 3.63) is 83.9 Å². The minimum atomic E-state index is -3.89. The van der Waals surface area contributed by atoms with Gasteiger partial charge in [-0.25, -0.2) is 18.4 Å². The molecular formula is C24H25N7O3S. The van der Waals surface area contributed by atoms with Crippen LogP contribution in [0.15, 0.2) is 72.0 Å². The van der Waals surface area contributed by atoms with Crippen LogP contribution < -0.4 is 14.9 Å². The summed E-state index contributed by atoms with van der Waals surface area (Å²) in [7, 11) is -0.908. The molecule has 0 atom stereocenters. The molecule has 2 N–H and O–H groups in total. The van der Waals surface area contributed by atoms with Crippen molar-refractivity contribution in [3.63, 3.8) is 0 Å². The summed E-state index contributed by atoms with van der Waals surface area (Å²) < 4.78 is 28.8. The molecule has 0 unspecified atom stereocenters. The van der Waals surface area contributed by atoms with Gasteiger partial charge in [-0.2, -0.15) is 5.10 Å². The first-order valence-corrected chi connectivity index (χ1v) is 12.1. The maximum atomic E-state index is 13.2. The van der Waals surface area contributed by atoms with E-state index in [0.717, 1.165) is 21.2 Å². The number of benzene rings is 2. The fraction of sp³-hybridized carbons (Fsp3) is 0.167. The molecule has 4 rings (SSSR count). The lowest BCUT2D eigenvalue weighted by Gasteiger charge is -2.21. The van der Waals surface area contributed by atoms with E-state index in [2.05, 4.69) is 25.7 Å². The SMILES string of the molecule is Cc1ccc(S(=O)(=O)N(C)c2c(C(=O)Nc3ccc(Nc4cc(C)ncn4)cc3)cnn2C)cc1. The van der Waals surface area contributed by atoms with Crippen molar-refractivity contribution in [1.82, 2.24) is 19.7 Å². The van der Waals surface area contributed by atoms with Crippen LogP contribution in [0.1, 0.15) is 21.6 Å². The third-order valence-electron chi connectivity index (χ3n) is 5.35. The summed E-state index contributed by atoms with van der Waals surface area (Å²) >= 11 is 0. The Hall–Kier alpha value is -4.25. The number of carbonyl (C=O) groups is 1. The summed E-state index contributed by atoms with van der Waals surface area (Å²) in [5.41, 5.74) is 3.24. The summed E-state index contributed by atoms with van der Waals surface area (Å²) in [5, 5.41) is 10.1. The van der Waals surface area contributed by atoms with E-state index in [1.807, 2.05) is 19.9 Å². The van der Waals surface area contributed by atoms with E-state index < -0.39 is 15.9 Å². The van der Waals surface area contributed by atoms with E-state index in [9.17, 15) is 13.2 Å². The molecule has 0 radical (unpaired) electrons. The summed E-state index contributed by atoms with van der Waals surface area (Å²) in [6.45, 7) is 3.75. The fourth-order valence-corrected chi connectivity index (χ4v) is 4.69. The van der Waals surface area contributed by atoms with Crippen LogP contribution >= 0.6 is 0 Å². The first-order chi connectivity index (χ1) is 16.6. The van der Waals surface area contributed by atoms with Gasteiger partial charge in [-0.3, -0.25) is 13.8 Å². The summed E-state index contributed by atoms with van der Waals surface area (Å²) in [6, 6.07) is 15.4. The van der Waals surface area contributed by atoms with Crippen LogP contribution in [-0.2, 0) is 17.1 Å². The molecule has 180 valence electrons. The number of amides is 1. The summed E-state index contributed by atoms with van der Waals surface area (Å²) in [5.74, 6) is 0.332. The Kier molecular flexibility index (Phi) is 6.52. The van der Waals surface area contributed by atoms with Crippen LogP contribution in [0.2, 0.25) is 0 Å². The van der Waals surface area contributed by atoms with E-state index in [0.29, 0.717) is 11.5 Å². The Bertz CT molecular complexity index is 1460. The van der Waals surface area contributed by atoms with E-state index in [-0.39, 0.29) is 16.3 Å². The zero-order valence-corrected chi connectivity index (χ0v) is 20.5. The molecule has 0 saturated heterocycles. The number of nitrogens with zero attached hydrogens (tertiary/aromatic N) is 5. The third-order valence-corrected chi connectivity index (χ3v) is 7.11. The molecule has 0 fully saturated rings. The van der Waals surface area contributed by atoms with Gasteiger partial charge in [0.25, 0.3) is 15.9 Å². The van der Waals surface area contributed by atoms with E-state index in [1.54, 1.807) is 43.4 Å². The van der Waals surface area contributed by atoms with E-state index >= 15 is 0 Å². The number of rotatable bonds is 7. The Balaban J connectivity index is 1.52. The van der Waals surface area contributed by atoms with Gasteiger partial charge in [0.1, 0.15) is 17.7 Å². The van der Waals surface area contributed by atoms with Crippen molar-refractivity contribution < 1.29 is 13.2 Å². The number of aryl methyl sites for hydroxylation is 3. The average molecular weight is 492 g/mol. The molecule has 2 aromatic carbocycles. The largest absolute Gasteiger partial charge is 0.340 e. The van der Waals surface area contributed by atoms with Crippen LogP contribution in [0.5, 0.6) is 0 Å². The van der Waals surface area contributed by atoms with E-state index in [1.165, 1.54) is 36.4 Å². The minimum Gasteiger partial charge on any atom is -0.340 e. The van der Waals surface area contributed by atoms with Gasteiger partial charge >= 0.3 is 0 Å². The van der Waals surface area contributed by atoms with Gasteiger partial charge in [0.05, 0.1) is 11.1 Å². The minimum absolute atomic E-state index is 0.125. The van der Waals surface area contributed by atoms with Crippen molar-refractivity contribution in [2.45, 2.75) is 18.7 Å². The lowest BCUT2D eigenvalue weighted by Crippen LogP contribution is -2.30. The molecule has 0 aliphatic heterocycles. The normalized spacial score (nSPS) is 11.2. The predicted molar refractivity (Wildman–Crippen MR) is 134 cm³/mol. The Morgan fingerprint density at radius 3 is 2.29 bits per heavy atom. The van der Waals surface area contributed by atoms with Gasteiger partial charge in [-0.15, -0.1) is 0 Å². The van der Waals surface area contributed by atoms with Crippen molar-refractivity contribution in [3.8, 4) is 0 Å². The highest BCUT2D eigenvalue weighted by atomic mass is 32.2. The predicted octanol–water partition coefficient (Wildman–Crippen LogP) is 3.65. The lowest BCUT2D eigenvalue weighted by atomic mass is 10.2. The number of aromatic nitrogens is 4. The van der Waals surface area contributed by atoms with Crippen LogP contribution in [0.3, 0.4) is 0 Å². The maximum absolute atomic E-state index is 13.2. The van der Waals surface area contributed by atoms with Crippen LogP contribution in [0.25, 0.3) is 0 Å². The molecule has 1 amide bonds.